The maximum atomic E-state index is 11.8. The summed E-state index contributed by atoms with van der Waals surface area (Å²) in [6.07, 6.45) is 6.76. The minimum Gasteiger partial charge on any atom is -0.351 e. The second-order valence-corrected chi connectivity index (χ2v) is 4.58. The second kappa shape index (κ2) is 6.30. The Morgan fingerprint density at radius 3 is 3.00 bits per heavy atom. The minimum atomic E-state index is -0.165. The average molecular weight is 309 g/mol. The number of aromatic amines is 1. The summed E-state index contributed by atoms with van der Waals surface area (Å²) >= 11 is 3.30. The molecule has 0 fully saturated rings. The van der Waals surface area contributed by atoms with Crippen LogP contribution in [0.1, 0.15) is 22.7 Å². The Morgan fingerprint density at radius 2 is 2.28 bits per heavy atom. The Balaban J connectivity index is 1.77. The molecule has 1 amide bonds. The molecular weight excluding hydrogens is 296 g/mol. The summed E-state index contributed by atoms with van der Waals surface area (Å²) in [4.78, 5) is 23.0. The Labute approximate surface area is 113 Å². The summed E-state index contributed by atoms with van der Waals surface area (Å²) in [6.45, 7) is 0.600. The standard InChI is InChI=1S/C12H13BrN4O/c13-9-3-1-5-16-11(9)12(18)17-6-2-4-10-14-7-8-15-10/h1,3,5,7-8H,2,4,6H2,(H,14,15)(H,17,18). The molecule has 0 saturated carbocycles. The van der Waals surface area contributed by atoms with E-state index in [1.807, 2.05) is 0 Å². The van der Waals surface area contributed by atoms with Gasteiger partial charge in [-0.15, -0.1) is 0 Å². The number of H-pyrrole nitrogens is 1. The number of hydrogen-bond acceptors (Lipinski definition) is 3. The van der Waals surface area contributed by atoms with Gasteiger partial charge in [0.2, 0.25) is 0 Å². The second-order valence-electron chi connectivity index (χ2n) is 3.73. The molecule has 0 atom stereocenters. The van der Waals surface area contributed by atoms with Crippen LogP contribution in [0.2, 0.25) is 0 Å². The molecule has 2 rings (SSSR count). The van der Waals surface area contributed by atoms with E-state index < -0.39 is 0 Å². The fourth-order valence-electron chi connectivity index (χ4n) is 1.53. The molecule has 2 aromatic heterocycles. The number of imidazole rings is 1. The lowest BCUT2D eigenvalue weighted by Gasteiger charge is -2.05. The zero-order chi connectivity index (χ0) is 12.8. The zero-order valence-corrected chi connectivity index (χ0v) is 11.3. The average Bonchev–Trinajstić information content (AvgIpc) is 2.88. The predicted octanol–water partition coefficient (Wildman–Crippen LogP) is 1.93. The van der Waals surface area contributed by atoms with Crippen molar-refractivity contribution in [3.8, 4) is 0 Å². The van der Waals surface area contributed by atoms with Gasteiger partial charge in [0.1, 0.15) is 11.5 Å². The van der Waals surface area contributed by atoms with E-state index in [2.05, 4.69) is 36.2 Å². The van der Waals surface area contributed by atoms with Gasteiger partial charge in [0, 0.05) is 36.0 Å². The van der Waals surface area contributed by atoms with E-state index >= 15 is 0 Å². The van der Waals surface area contributed by atoms with Crippen molar-refractivity contribution >= 4 is 21.8 Å². The quantitative estimate of drug-likeness (QED) is 0.829. The lowest BCUT2D eigenvalue weighted by molar-refractivity contribution is 0.0947. The monoisotopic (exact) mass is 308 g/mol. The molecule has 2 heterocycles. The summed E-state index contributed by atoms with van der Waals surface area (Å²) < 4.78 is 0.702. The molecule has 18 heavy (non-hydrogen) atoms. The predicted molar refractivity (Wildman–Crippen MR) is 71.2 cm³/mol. The van der Waals surface area contributed by atoms with Crippen LogP contribution in [0.4, 0.5) is 0 Å². The van der Waals surface area contributed by atoms with Crippen LogP contribution in [-0.4, -0.2) is 27.4 Å². The van der Waals surface area contributed by atoms with E-state index in [0.29, 0.717) is 16.7 Å². The molecule has 5 nitrogen and oxygen atoms in total. The third kappa shape index (κ3) is 3.40. The number of aryl methyl sites for hydroxylation is 1. The van der Waals surface area contributed by atoms with E-state index in [0.717, 1.165) is 18.7 Å². The SMILES string of the molecule is O=C(NCCCc1ncc[nH]1)c1ncccc1Br. The third-order valence-corrected chi connectivity index (χ3v) is 3.04. The molecule has 6 heteroatoms. The van der Waals surface area contributed by atoms with Crippen LogP contribution < -0.4 is 5.32 Å². The summed E-state index contributed by atoms with van der Waals surface area (Å²) in [6, 6.07) is 3.57. The fraction of sp³-hybridized carbons (Fsp3) is 0.250. The molecular formula is C12H13BrN4O. The molecule has 2 N–H and O–H groups in total. The number of carbonyl (C=O) groups excluding carboxylic acids is 1. The smallest absolute Gasteiger partial charge is 0.271 e. The van der Waals surface area contributed by atoms with Gasteiger partial charge in [-0.1, -0.05) is 0 Å². The molecule has 2 aromatic rings. The molecule has 0 aliphatic rings. The van der Waals surface area contributed by atoms with Crippen LogP contribution in [-0.2, 0) is 6.42 Å². The first-order chi connectivity index (χ1) is 8.77. The van der Waals surface area contributed by atoms with E-state index in [1.165, 1.54) is 0 Å². The minimum absolute atomic E-state index is 0.165. The molecule has 0 unspecified atom stereocenters. The lowest BCUT2D eigenvalue weighted by Crippen LogP contribution is -2.26. The Kier molecular flexibility index (Phi) is 4.46. The van der Waals surface area contributed by atoms with Crippen molar-refractivity contribution in [3.05, 3.63) is 46.7 Å². The van der Waals surface area contributed by atoms with Crippen molar-refractivity contribution in [3.63, 3.8) is 0 Å². The number of amides is 1. The maximum Gasteiger partial charge on any atom is 0.271 e. The van der Waals surface area contributed by atoms with Crippen LogP contribution >= 0.6 is 15.9 Å². The van der Waals surface area contributed by atoms with Crippen molar-refractivity contribution in [2.75, 3.05) is 6.54 Å². The number of halogens is 1. The highest BCUT2D eigenvalue weighted by molar-refractivity contribution is 9.10. The summed E-state index contributed by atoms with van der Waals surface area (Å²) in [5.74, 6) is 0.769. The van der Waals surface area contributed by atoms with Crippen molar-refractivity contribution in [1.29, 1.82) is 0 Å². The highest BCUT2D eigenvalue weighted by atomic mass is 79.9. The van der Waals surface area contributed by atoms with E-state index in [9.17, 15) is 4.79 Å². The first kappa shape index (κ1) is 12.8. The molecule has 0 aliphatic carbocycles. The number of carbonyl (C=O) groups is 1. The van der Waals surface area contributed by atoms with Gasteiger partial charge in [0.15, 0.2) is 0 Å². The van der Waals surface area contributed by atoms with Crippen molar-refractivity contribution < 1.29 is 4.79 Å². The highest BCUT2D eigenvalue weighted by Crippen LogP contribution is 2.12. The number of nitrogens with zero attached hydrogens (tertiary/aromatic N) is 2. The van der Waals surface area contributed by atoms with Gasteiger partial charge in [-0.25, -0.2) is 9.97 Å². The number of hydrogen-bond donors (Lipinski definition) is 2. The number of rotatable bonds is 5. The van der Waals surface area contributed by atoms with Gasteiger partial charge in [-0.2, -0.15) is 0 Å². The van der Waals surface area contributed by atoms with Gasteiger partial charge in [0.05, 0.1) is 0 Å². The lowest BCUT2D eigenvalue weighted by atomic mass is 10.3. The van der Waals surface area contributed by atoms with Crippen LogP contribution in [0.3, 0.4) is 0 Å². The Hall–Kier alpha value is -1.69. The number of pyridine rings is 1. The van der Waals surface area contributed by atoms with Crippen LogP contribution in [0.25, 0.3) is 0 Å². The third-order valence-electron chi connectivity index (χ3n) is 2.40. The van der Waals surface area contributed by atoms with Crippen molar-refractivity contribution in [2.24, 2.45) is 0 Å². The van der Waals surface area contributed by atoms with Crippen LogP contribution in [0, 0.1) is 0 Å². The van der Waals surface area contributed by atoms with E-state index in [-0.39, 0.29) is 5.91 Å². The molecule has 0 bridgehead atoms. The van der Waals surface area contributed by atoms with Crippen LogP contribution in [0.15, 0.2) is 35.2 Å². The summed E-state index contributed by atoms with van der Waals surface area (Å²) in [7, 11) is 0. The first-order valence-electron chi connectivity index (χ1n) is 5.64. The van der Waals surface area contributed by atoms with Gasteiger partial charge < -0.3 is 10.3 Å². The highest BCUT2D eigenvalue weighted by Gasteiger charge is 2.09. The topological polar surface area (TPSA) is 70.7 Å². The maximum absolute atomic E-state index is 11.8. The largest absolute Gasteiger partial charge is 0.351 e. The normalized spacial score (nSPS) is 10.3. The fourth-order valence-corrected chi connectivity index (χ4v) is 1.96. The first-order valence-corrected chi connectivity index (χ1v) is 6.43. The van der Waals surface area contributed by atoms with Crippen molar-refractivity contribution in [2.45, 2.75) is 12.8 Å². The Bertz CT molecular complexity index is 513. The molecule has 0 saturated heterocycles. The van der Waals surface area contributed by atoms with E-state index in [4.69, 9.17) is 0 Å². The van der Waals surface area contributed by atoms with Gasteiger partial charge in [-0.05, 0) is 34.5 Å². The summed E-state index contributed by atoms with van der Waals surface area (Å²) in [5, 5.41) is 2.83. The molecule has 0 radical (unpaired) electrons. The van der Waals surface area contributed by atoms with Gasteiger partial charge >= 0.3 is 0 Å². The van der Waals surface area contributed by atoms with Gasteiger partial charge in [-0.3, -0.25) is 4.79 Å². The van der Waals surface area contributed by atoms with E-state index in [1.54, 1.807) is 30.7 Å². The Morgan fingerprint density at radius 1 is 1.39 bits per heavy atom. The molecule has 94 valence electrons. The van der Waals surface area contributed by atoms with Gasteiger partial charge in [0.25, 0.3) is 5.91 Å². The molecule has 0 spiro atoms. The summed E-state index contributed by atoms with van der Waals surface area (Å²) in [5.41, 5.74) is 0.412. The van der Waals surface area contributed by atoms with Crippen molar-refractivity contribution in [1.82, 2.24) is 20.3 Å². The molecule has 0 aliphatic heterocycles. The number of aromatic nitrogens is 3. The zero-order valence-electron chi connectivity index (χ0n) is 9.69. The number of nitrogens with one attached hydrogen (secondary N) is 2. The molecule has 0 aromatic carbocycles. The van der Waals surface area contributed by atoms with Crippen LogP contribution in [0.5, 0.6) is 0 Å².